The molecule has 0 aliphatic heterocycles. The fraction of sp³-hybridized carbons (Fsp3) is 0.273. The highest BCUT2D eigenvalue weighted by atomic mass is 35.5. The number of unbranched alkanes of at least 4 members (excludes halogenated alkanes) is 1. The minimum absolute atomic E-state index is 0.0710. The average molecular weight is 674 g/mol. The van der Waals surface area contributed by atoms with E-state index in [4.69, 9.17) is 21.1 Å². The van der Waals surface area contributed by atoms with Crippen molar-refractivity contribution in [2.24, 2.45) is 0 Å². The van der Waals surface area contributed by atoms with Gasteiger partial charge in [-0.3, -0.25) is 4.79 Å². The van der Waals surface area contributed by atoms with Crippen LogP contribution in [0.1, 0.15) is 65.9 Å². The van der Waals surface area contributed by atoms with Crippen LogP contribution in [0, 0.1) is 10.1 Å². The van der Waals surface area contributed by atoms with Crippen molar-refractivity contribution < 1.29 is 29.0 Å². The topological polar surface area (TPSA) is 166 Å². The summed E-state index contributed by atoms with van der Waals surface area (Å²) >= 11 is 6.25. The largest absolute Gasteiger partial charge is 0.510 e. The molecule has 1 atom stereocenters. The molecule has 14 nitrogen and oxygen atoms in total. The lowest BCUT2D eigenvalue weighted by molar-refractivity contribution is -0.763. The summed E-state index contributed by atoms with van der Waals surface area (Å²) in [5, 5.41) is 22.4. The summed E-state index contributed by atoms with van der Waals surface area (Å²) in [4.78, 5) is 44.4. The van der Waals surface area contributed by atoms with Crippen LogP contribution in [0.25, 0.3) is 22.5 Å². The van der Waals surface area contributed by atoms with Gasteiger partial charge in [-0.25, -0.2) is 9.78 Å². The first-order valence-electron chi connectivity index (χ1n) is 15.1. The third kappa shape index (κ3) is 8.39. The van der Waals surface area contributed by atoms with E-state index in [1.165, 1.54) is 4.80 Å². The number of aromatic nitrogens is 6. The lowest BCUT2D eigenvalue weighted by atomic mass is 9.98. The van der Waals surface area contributed by atoms with Crippen LogP contribution in [0.4, 0.5) is 4.79 Å². The number of carbonyl (C=O) groups excluding carboxylic acids is 2. The van der Waals surface area contributed by atoms with Crippen LogP contribution in [-0.2, 0) is 40.5 Å². The molecule has 0 bridgehead atoms. The molecule has 0 spiro atoms. The molecule has 3 aromatic carbocycles. The normalized spacial score (nSPS) is 11.6. The molecule has 248 valence electrons. The maximum Gasteiger partial charge on any atom is 0.510 e. The molecule has 5 aromatic rings. The van der Waals surface area contributed by atoms with Crippen molar-refractivity contribution in [3.05, 3.63) is 116 Å². The van der Waals surface area contributed by atoms with E-state index >= 15 is 0 Å². The van der Waals surface area contributed by atoms with E-state index in [-0.39, 0.29) is 18.4 Å². The number of rotatable bonds is 15. The van der Waals surface area contributed by atoms with E-state index in [0.717, 1.165) is 53.6 Å². The van der Waals surface area contributed by atoms with Gasteiger partial charge in [-0.15, -0.1) is 25.1 Å². The Hall–Kier alpha value is -5.63. The highest BCUT2D eigenvalue weighted by Crippen LogP contribution is 2.30. The summed E-state index contributed by atoms with van der Waals surface area (Å²) in [6.07, 6.45) is 1.57. The van der Waals surface area contributed by atoms with Crippen LogP contribution in [0.5, 0.6) is 0 Å². The van der Waals surface area contributed by atoms with Gasteiger partial charge in [0, 0.05) is 18.5 Å². The van der Waals surface area contributed by atoms with Gasteiger partial charge in [0.05, 0.1) is 0 Å². The molecule has 1 unspecified atom stereocenters. The third-order valence-corrected chi connectivity index (χ3v) is 7.69. The minimum Gasteiger partial charge on any atom is -0.429 e. The fourth-order valence-electron chi connectivity index (χ4n) is 4.91. The average Bonchev–Trinajstić information content (AvgIpc) is 3.70. The van der Waals surface area contributed by atoms with Crippen LogP contribution < -0.4 is 0 Å². The second-order valence-corrected chi connectivity index (χ2v) is 11.1. The zero-order valence-corrected chi connectivity index (χ0v) is 26.9. The number of aldehydes is 1. The second-order valence-electron chi connectivity index (χ2n) is 10.8. The zero-order chi connectivity index (χ0) is 34.0. The number of imidazole rings is 1. The molecular weight excluding hydrogens is 642 g/mol. The number of tetrazole rings is 1. The Balaban J connectivity index is 1.22. The molecule has 48 heavy (non-hydrogen) atoms. The quantitative estimate of drug-likeness (QED) is 0.0506. The first-order valence-corrected chi connectivity index (χ1v) is 15.5. The first kappa shape index (κ1) is 33.7. The van der Waals surface area contributed by atoms with E-state index in [0.29, 0.717) is 29.2 Å². The number of hydrogen-bond donors (Lipinski definition) is 0. The van der Waals surface area contributed by atoms with Gasteiger partial charge >= 0.3 is 6.16 Å². The third-order valence-electron chi connectivity index (χ3n) is 7.42. The summed E-state index contributed by atoms with van der Waals surface area (Å²) in [7, 11) is 0. The molecule has 0 fully saturated rings. The molecule has 2 aromatic heterocycles. The smallest absolute Gasteiger partial charge is 0.429 e. The summed E-state index contributed by atoms with van der Waals surface area (Å²) in [6, 6.07) is 22.2. The molecule has 15 heteroatoms. The molecule has 0 N–H and O–H groups in total. The van der Waals surface area contributed by atoms with Crippen molar-refractivity contribution in [1.82, 2.24) is 29.8 Å². The second kappa shape index (κ2) is 15.8. The molecule has 0 aliphatic carbocycles. The molecule has 0 saturated heterocycles. The van der Waals surface area contributed by atoms with Crippen LogP contribution in [0.2, 0.25) is 5.15 Å². The number of aryl methyl sites for hydroxylation is 1. The van der Waals surface area contributed by atoms with Crippen molar-refractivity contribution in [2.45, 2.75) is 59.1 Å². The SMILES string of the molecule is CCCCc1nc(Cl)c(C=O)n1Cc1ccc(-c2ccccc2-c2nnn(C(C)OC(=O)OCc3ccc(CO[N+](=O)[O-])cc3)n2)cc1. The summed E-state index contributed by atoms with van der Waals surface area (Å²) in [6.45, 7) is 3.89. The highest BCUT2D eigenvalue weighted by molar-refractivity contribution is 6.31. The summed E-state index contributed by atoms with van der Waals surface area (Å²) < 4.78 is 12.4. The van der Waals surface area contributed by atoms with E-state index in [9.17, 15) is 19.7 Å². The van der Waals surface area contributed by atoms with E-state index in [1.807, 2.05) is 53.1 Å². The standard InChI is InChI=1S/C33H32ClN7O7/c1-3-4-9-30-35-31(34)29(19-42)39(30)18-23-14-16-26(17-15-23)27-7-5-6-8-28(27)32-36-38-40(37-32)22(2)48-33(43)46-20-24-10-12-25(13-11-24)21-47-41(44)45/h5-8,10-17,19,22H,3-4,9,18,20-21H2,1-2H3. The minimum atomic E-state index is -0.932. The summed E-state index contributed by atoms with van der Waals surface area (Å²) in [5.41, 5.74) is 5.12. The number of carbonyl (C=O) groups is 2. The Morgan fingerprint density at radius 2 is 1.67 bits per heavy atom. The maximum atomic E-state index is 12.3. The van der Waals surface area contributed by atoms with Gasteiger partial charge in [0.25, 0.3) is 5.09 Å². The Labute approximate surface area is 280 Å². The van der Waals surface area contributed by atoms with Gasteiger partial charge in [0.2, 0.25) is 12.1 Å². The molecule has 0 amide bonds. The van der Waals surface area contributed by atoms with Crippen LogP contribution in [0.3, 0.4) is 0 Å². The predicted octanol–water partition coefficient (Wildman–Crippen LogP) is 6.64. The Morgan fingerprint density at radius 1 is 1.00 bits per heavy atom. The number of nitrogens with zero attached hydrogens (tertiary/aromatic N) is 7. The van der Waals surface area contributed by atoms with Crippen molar-refractivity contribution in [3.8, 4) is 22.5 Å². The molecule has 0 radical (unpaired) electrons. The summed E-state index contributed by atoms with van der Waals surface area (Å²) in [5.74, 6) is 1.12. The van der Waals surface area contributed by atoms with E-state index in [1.54, 1.807) is 31.2 Å². The van der Waals surface area contributed by atoms with Crippen molar-refractivity contribution in [2.75, 3.05) is 0 Å². The van der Waals surface area contributed by atoms with Crippen LogP contribution in [0.15, 0.2) is 72.8 Å². The van der Waals surface area contributed by atoms with Gasteiger partial charge in [-0.2, -0.15) is 0 Å². The fourth-order valence-corrected chi connectivity index (χ4v) is 5.15. The Bertz CT molecular complexity index is 1870. The number of ether oxygens (including phenoxy) is 2. The number of halogens is 1. The lowest BCUT2D eigenvalue weighted by Crippen LogP contribution is -2.18. The van der Waals surface area contributed by atoms with E-state index < -0.39 is 17.5 Å². The van der Waals surface area contributed by atoms with Crippen molar-refractivity contribution >= 4 is 24.0 Å². The van der Waals surface area contributed by atoms with Gasteiger partial charge in [0.1, 0.15) is 24.7 Å². The van der Waals surface area contributed by atoms with Crippen LogP contribution >= 0.6 is 11.6 Å². The molecule has 5 rings (SSSR count). The van der Waals surface area contributed by atoms with Gasteiger partial charge in [-0.1, -0.05) is 97.7 Å². The maximum absolute atomic E-state index is 12.3. The van der Waals surface area contributed by atoms with Gasteiger partial charge in [0.15, 0.2) is 11.4 Å². The van der Waals surface area contributed by atoms with Gasteiger partial charge < -0.3 is 18.9 Å². The highest BCUT2D eigenvalue weighted by Gasteiger charge is 2.19. The molecule has 0 saturated carbocycles. The molecular formula is C33H32ClN7O7. The predicted molar refractivity (Wildman–Crippen MR) is 173 cm³/mol. The van der Waals surface area contributed by atoms with Crippen molar-refractivity contribution in [1.29, 1.82) is 0 Å². The molecule has 0 aliphatic rings. The monoisotopic (exact) mass is 673 g/mol. The molecule has 2 heterocycles. The zero-order valence-electron chi connectivity index (χ0n) is 26.2. The van der Waals surface area contributed by atoms with Crippen molar-refractivity contribution in [3.63, 3.8) is 0 Å². The Kier molecular flexibility index (Phi) is 11.1. The lowest BCUT2D eigenvalue weighted by Gasteiger charge is -2.12. The van der Waals surface area contributed by atoms with Gasteiger partial charge in [-0.05, 0) is 46.4 Å². The first-order chi connectivity index (χ1) is 23.2. The van der Waals surface area contributed by atoms with E-state index in [2.05, 4.69) is 32.2 Å². The van der Waals surface area contributed by atoms with Crippen LogP contribution in [-0.4, -0.2) is 47.3 Å². The number of hydrogen-bond acceptors (Lipinski definition) is 11. The Morgan fingerprint density at radius 3 is 2.33 bits per heavy atom. The number of benzene rings is 3.